The second-order valence-electron chi connectivity index (χ2n) is 10.1. The van der Waals surface area contributed by atoms with Gasteiger partial charge in [0.2, 0.25) is 5.91 Å². The van der Waals surface area contributed by atoms with Crippen molar-refractivity contribution < 1.29 is 14.3 Å². The molecule has 4 rings (SSSR count). The van der Waals surface area contributed by atoms with E-state index in [1.54, 1.807) is 7.11 Å². The number of nitrogens with one attached hydrogen (secondary N) is 1. The highest BCUT2D eigenvalue weighted by molar-refractivity contribution is 7.17. The number of anilines is 1. The minimum absolute atomic E-state index is 0.142. The van der Waals surface area contributed by atoms with Crippen LogP contribution in [0.3, 0.4) is 0 Å². The Labute approximate surface area is 199 Å². The Morgan fingerprint density at radius 1 is 1.15 bits per heavy atom. The highest BCUT2D eigenvalue weighted by Crippen LogP contribution is 2.44. The smallest absolute Gasteiger partial charge is 0.251 e. The highest BCUT2D eigenvalue weighted by Gasteiger charge is 2.33. The number of benzene rings is 2. The molecule has 2 amide bonds. The van der Waals surface area contributed by atoms with Gasteiger partial charge in [-0.2, -0.15) is 0 Å². The quantitative estimate of drug-likeness (QED) is 0.493. The summed E-state index contributed by atoms with van der Waals surface area (Å²) in [5.74, 6) is 0.359. The Morgan fingerprint density at radius 2 is 1.85 bits per heavy atom. The van der Waals surface area contributed by atoms with Crippen LogP contribution in [0.25, 0.3) is 10.8 Å². The van der Waals surface area contributed by atoms with Gasteiger partial charge in [0, 0.05) is 4.88 Å². The van der Waals surface area contributed by atoms with Crippen molar-refractivity contribution in [1.29, 1.82) is 0 Å². The molecule has 0 fully saturated rings. The van der Waals surface area contributed by atoms with Gasteiger partial charge in [0.15, 0.2) is 0 Å². The minimum atomic E-state index is -0.468. The van der Waals surface area contributed by atoms with Gasteiger partial charge in [-0.15, -0.1) is 11.3 Å². The molecular weight excluding hydrogens is 432 g/mol. The van der Waals surface area contributed by atoms with Crippen LogP contribution in [0.5, 0.6) is 5.75 Å². The molecule has 1 aliphatic carbocycles. The van der Waals surface area contributed by atoms with Gasteiger partial charge in [-0.1, -0.05) is 45.0 Å². The summed E-state index contributed by atoms with van der Waals surface area (Å²) in [5, 5.41) is 5.72. The molecular formula is C27H32N2O3S. The van der Waals surface area contributed by atoms with E-state index in [4.69, 9.17) is 10.5 Å². The molecule has 1 aromatic heterocycles. The maximum atomic E-state index is 13.2. The Balaban J connectivity index is 1.59. The van der Waals surface area contributed by atoms with E-state index in [1.807, 2.05) is 43.3 Å². The topological polar surface area (TPSA) is 81.4 Å². The van der Waals surface area contributed by atoms with Crippen molar-refractivity contribution in [3.05, 3.63) is 58.0 Å². The number of hydrogen-bond donors (Lipinski definition) is 2. The molecule has 0 saturated heterocycles. The molecule has 6 heteroatoms. The molecule has 33 heavy (non-hydrogen) atoms. The zero-order valence-corrected chi connectivity index (χ0v) is 20.8. The molecule has 174 valence electrons. The predicted molar refractivity (Wildman–Crippen MR) is 135 cm³/mol. The number of thiophene rings is 1. The molecule has 5 nitrogen and oxygen atoms in total. The van der Waals surface area contributed by atoms with Gasteiger partial charge in [0.25, 0.3) is 5.91 Å². The average Bonchev–Trinajstić information content (AvgIpc) is 3.14. The molecule has 2 atom stereocenters. The van der Waals surface area contributed by atoms with Crippen LogP contribution in [0.15, 0.2) is 36.4 Å². The second kappa shape index (κ2) is 8.82. The molecule has 0 aliphatic heterocycles. The summed E-state index contributed by atoms with van der Waals surface area (Å²) in [7, 11) is 1.65. The van der Waals surface area contributed by atoms with Crippen LogP contribution in [-0.2, 0) is 17.6 Å². The number of carbonyl (C=O) groups excluding carboxylic acids is 2. The van der Waals surface area contributed by atoms with Gasteiger partial charge in [-0.25, -0.2) is 0 Å². The fourth-order valence-corrected chi connectivity index (χ4v) is 6.02. The second-order valence-corrected chi connectivity index (χ2v) is 11.2. The van der Waals surface area contributed by atoms with E-state index in [9.17, 15) is 9.59 Å². The molecule has 0 unspecified atom stereocenters. The first-order chi connectivity index (χ1) is 15.6. The van der Waals surface area contributed by atoms with Crippen LogP contribution in [0.1, 0.15) is 66.4 Å². The van der Waals surface area contributed by atoms with Gasteiger partial charge >= 0.3 is 0 Å². The van der Waals surface area contributed by atoms with Crippen molar-refractivity contribution >= 4 is 38.9 Å². The SMILES string of the molecule is COc1ccc2cc([C@H](C)C(=O)Nc3sc4c(c3C(N)=O)CC[C@@H](C(C)(C)C)C4)ccc2c1. The lowest BCUT2D eigenvalue weighted by Gasteiger charge is -2.33. The molecule has 0 bridgehead atoms. The number of nitrogens with two attached hydrogens (primary N) is 1. The number of ether oxygens (including phenoxy) is 1. The molecule has 3 aromatic rings. The third kappa shape index (κ3) is 4.62. The molecule has 1 heterocycles. The Morgan fingerprint density at radius 3 is 2.52 bits per heavy atom. The van der Waals surface area contributed by atoms with Gasteiger partial charge in [0.1, 0.15) is 10.8 Å². The van der Waals surface area contributed by atoms with Crippen molar-refractivity contribution in [3.63, 3.8) is 0 Å². The molecule has 3 N–H and O–H groups in total. The van der Waals surface area contributed by atoms with E-state index in [1.165, 1.54) is 16.2 Å². The van der Waals surface area contributed by atoms with E-state index >= 15 is 0 Å². The summed E-state index contributed by atoms with van der Waals surface area (Å²) in [6.45, 7) is 8.66. The van der Waals surface area contributed by atoms with Gasteiger partial charge in [0.05, 0.1) is 18.6 Å². The lowest BCUT2D eigenvalue weighted by molar-refractivity contribution is -0.117. The number of hydrogen-bond acceptors (Lipinski definition) is 4. The normalized spacial score (nSPS) is 16.8. The third-order valence-corrected chi connectivity index (χ3v) is 8.11. The van der Waals surface area contributed by atoms with E-state index in [0.717, 1.165) is 46.9 Å². The number of carbonyl (C=O) groups is 2. The maximum Gasteiger partial charge on any atom is 0.251 e. The standard InChI is InChI=1S/C27H32N2O3S/c1-15(16-6-7-18-13-20(32-5)10-8-17(18)12-16)25(31)29-26-23(24(28)30)21-11-9-19(27(2,3)4)14-22(21)33-26/h6-8,10,12-13,15,19H,9,11,14H2,1-5H3,(H2,28,30)(H,29,31)/t15-,19+/m0/s1. The summed E-state index contributed by atoms with van der Waals surface area (Å²) >= 11 is 1.51. The highest BCUT2D eigenvalue weighted by atomic mass is 32.1. The van der Waals surface area contributed by atoms with Crippen molar-refractivity contribution in [2.45, 2.75) is 52.9 Å². The predicted octanol–water partition coefficient (Wildman–Crippen LogP) is 5.90. The van der Waals surface area contributed by atoms with Crippen LogP contribution in [0.2, 0.25) is 0 Å². The van der Waals surface area contributed by atoms with E-state index in [2.05, 4.69) is 26.1 Å². The van der Waals surface area contributed by atoms with Crippen LogP contribution in [0, 0.1) is 11.3 Å². The third-order valence-electron chi connectivity index (χ3n) is 6.94. The minimum Gasteiger partial charge on any atom is -0.497 e. The Bertz CT molecular complexity index is 1220. The van der Waals surface area contributed by atoms with Crippen molar-refractivity contribution in [2.24, 2.45) is 17.1 Å². The fraction of sp³-hybridized carbons (Fsp3) is 0.407. The number of primary amides is 1. The first-order valence-electron chi connectivity index (χ1n) is 11.4. The molecule has 2 aromatic carbocycles. The van der Waals surface area contributed by atoms with E-state index < -0.39 is 5.91 Å². The number of rotatable bonds is 5. The van der Waals surface area contributed by atoms with Crippen molar-refractivity contribution in [3.8, 4) is 5.75 Å². The fourth-order valence-electron chi connectivity index (χ4n) is 4.68. The van der Waals surface area contributed by atoms with Crippen LogP contribution < -0.4 is 15.8 Å². The zero-order chi connectivity index (χ0) is 23.9. The lowest BCUT2D eigenvalue weighted by atomic mass is 9.72. The van der Waals surface area contributed by atoms with Gasteiger partial charge in [-0.3, -0.25) is 9.59 Å². The van der Waals surface area contributed by atoms with Crippen molar-refractivity contribution in [1.82, 2.24) is 0 Å². The Hall–Kier alpha value is -2.86. The van der Waals surface area contributed by atoms with Crippen molar-refractivity contribution in [2.75, 3.05) is 12.4 Å². The largest absolute Gasteiger partial charge is 0.497 e. The number of amides is 2. The summed E-state index contributed by atoms with van der Waals surface area (Å²) < 4.78 is 5.29. The van der Waals surface area contributed by atoms with Crippen LogP contribution in [-0.4, -0.2) is 18.9 Å². The first kappa shape index (κ1) is 23.3. The van der Waals surface area contributed by atoms with Gasteiger partial charge in [-0.05, 0) is 71.6 Å². The van der Waals surface area contributed by atoms with Crippen LogP contribution >= 0.6 is 11.3 Å². The molecule has 1 aliphatic rings. The monoisotopic (exact) mass is 464 g/mol. The molecule has 0 radical (unpaired) electrons. The van der Waals surface area contributed by atoms with Crippen LogP contribution in [0.4, 0.5) is 5.00 Å². The summed E-state index contributed by atoms with van der Waals surface area (Å²) in [4.78, 5) is 26.7. The van der Waals surface area contributed by atoms with Gasteiger partial charge < -0.3 is 15.8 Å². The van der Waals surface area contributed by atoms with E-state index in [-0.39, 0.29) is 17.2 Å². The summed E-state index contributed by atoms with van der Waals surface area (Å²) in [6, 6.07) is 11.9. The molecule has 0 spiro atoms. The summed E-state index contributed by atoms with van der Waals surface area (Å²) in [5.41, 5.74) is 8.39. The molecule has 0 saturated carbocycles. The van der Waals surface area contributed by atoms with E-state index in [0.29, 0.717) is 16.5 Å². The summed E-state index contributed by atoms with van der Waals surface area (Å²) in [6.07, 6.45) is 2.77. The maximum absolute atomic E-state index is 13.2. The zero-order valence-electron chi connectivity index (χ0n) is 20.0. The Kier molecular flexibility index (Phi) is 6.23. The number of methoxy groups -OCH3 is 1. The number of fused-ring (bicyclic) bond motifs is 2. The average molecular weight is 465 g/mol. The lowest BCUT2D eigenvalue weighted by Crippen LogP contribution is -2.27. The first-order valence-corrected chi connectivity index (χ1v) is 12.2.